The molecule has 2 fully saturated rings. The Morgan fingerprint density at radius 3 is 2.75 bits per heavy atom. The number of nitrogens with one attached hydrogen (secondary N) is 1. The molecule has 90 valence electrons. The number of piperidine rings is 1. The van der Waals surface area contributed by atoms with Crippen LogP contribution in [0.2, 0.25) is 0 Å². The predicted octanol–water partition coefficient (Wildman–Crippen LogP) is 0.379. The van der Waals surface area contributed by atoms with Crippen LogP contribution >= 0.6 is 0 Å². The maximum Gasteiger partial charge on any atom is 0.0601 e. The van der Waals surface area contributed by atoms with Crippen LogP contribution in [-0.4, -0.2) is 61.7 Å². The fraction of sp³-hybridized carbons (Fsp3) is 0.846. The molecule has 2 saturated heterocycles. The van der Waals surface area contributed by atoms with E-state index in [1.165, 1.54) is 45.4 Å². The van der Waals surface area contributed by atoms with E-state index < -0.39 is 0 Å². The molecule has 0 bridgehead atoms. The highest BCUT2D eigenvalue weighted by Gasteiger charge is 2.24. The second-order valence-electron chi connectivity index (χ2n) is 4.87. The van der Waals surface area contributed by atoms with E-state index in [9.17, 15) is 0 Å². The number of terminal acetylenes is 1. The first-order chi connectivity index (χ1) is 7.90. The summed E-state index contributed by atoms with van der Waals surface area (Å²) in [6.07, 6.45) is 9.46. The number of rotatable bonds is 3. The van der Waals surface area contributed by atoms with Gasteiger partial charge < -0.3 is 5.32 Å². The summed E-state index contributed by atoms with van der Waals surface area (Å²) >= 11 is 0. The standard InChI is InChI=1S/C13H23N3/c1-2-8-16-9-4-3-5-13(16)12-15-10-6-14-7-11-15/h1,13-14H,3-12H2. The lowest BCUT2D eigenvalue weighted by Crippen LogP contribution is -2.51. The summed E-state index contributed by atoms with van der Waals surface area (Å²) in [6, 6.07) is 0.697. The Morgan fingerprint density at radius 1 is 1.19 bits per heavy atom. The molecule has 0 aromatic heterocycles. The maximum absolute atomic E-state index is 5.44. The van der Waals surface area contributed by atoms with Crippen LogP contribution in [0.25, 0.3) is 0 Å². The lowest BCUT2D eigenvalue weighted by Gasteiger charge is -2.38. The van der Waals surface area contributed by atoms with Gasteiger partial charge in [-0.25, -0.2) is 0 Å². The Labute approximate surface area is 99.2 Å². The van der Waals surface area contributed by atoms with Gasteiger partial charge in [-0.15, -0.1) is 6.42 Å². The largest absolute Gasteiger partial charge is 0.314 e. The van der Waals surface area contributed by atoms with Crippen LogP contribution in [0.3, 0.4) is 0 Å². The van der Waals surface area contributed by atoms with Crippen LogP contribution in [0.5, 0.6) is 0 Å². The molecule has 0 saturated carbocycles. The summed E-state index contributed by atoms with van der Waals surface area (Å²) < 4.78 is 0. The molecule has 1 unspecified atom stereocenters. The summed E-state index contributed by atoms with van der Waals surface area (Å²) in [7, 11) is 0. The van der Waals surface area contributed by atoms with Gasteiger partial charge in [0.15, 0.2) is 0 Å². The third-order valence-corrected chi connectivity index (χ3v) is 3.72. The molecule has 2 heterocycles. The van der Waals surface area contributed by atoms with Crippen molar-refractivity contribution in [2.45, 2.75) is 25.3 Å². The van der Waals surface area contributed by atoms with Crippen molar-refractivity contribution in [2.75, 3.05) is 45.8 Å². The smallest absolute Gasteiger partial charge is 0.0601 e. The molecule has 1 N–H and O–H groups in total. The highest BCUT2D eigenvalue weighted by atomic mass is 15.2. The Bertz CT molecular complexity index is 240. The second kappa shape index (κ2) is 6.24. The average molecular weight is 221 g/mol. The molecule has 3 nitrogen and oxygen atoms in total. The third-order valence-electron chi connectivity index (χ3n) is 3.72. The van der Waals surface area contributed by atoms with Crippen molar-refractivity contribution >= 4 is 0 Å². The number of nitrogens with zero attached hydrogens (tertiary/aromatic N) is 2. The van der Waals surface area contributed by atoms with Crippen molar-refractivity contribution < 1.29 is 0 Å². The molecule has 1 atom stereocenters. The van der Waals surface area contributed by atoms with E-state index in [0.29, 0.717) is 6.04 Å². The van der Waals surface area contributed by atoms with E-state index in [-0.39, 0.29) is 0 Å². The molecule has 2 rings (SSSR count). The van der Waals surface area contributed by atoms with Crippen molar-refractivity contribution in [2.24, 2.45) is 0 Å². The van der Waals surface area contributed by atoms with Crippen molar-refractivity contribution in [1.29, 1.82) is 0 Å². The van der Waals surface area contributed by atoms with E-state index in [4.69, 9.17) is 6.42 Å². The molecule has 0 aromatic carbocycles. The van der Waals surface area contributed by atoms with Gasteiger partial charge in [0, 0.05) is 38.8 Å². The zero-order valence-corrected chi connectivity index (χ0v) is 10.1. The van der Waals surface area contributed by atoms with Gasteiger partial charge in [0.05, 0.1) is 6.54 Å². The van der Waals surface area contributed by atoms with Crippen LogP contribution in [0.4, 0.5) is 0 Å². The first-order valence-electron chi connectivity index (χ1n) is 6.51. The average Bonchev–Trinajstić information content (AvgIpc) is 2.33. The molecule has 0 aromatic rings. The van der Waals surface area contributed by atoms with Crippen molar-refractivity contribution in [3.63, 3.8) is 0 Å². The number of piperazine rings is 1. The quantitative estimate of drug-likeness (QED) is 0.695. The predicted molar refractivity (Wildman–Crippen MR) is 67.4 cm³/mol. The van der Waals surface area contributed by atoms with E-state index >= 15 is 0 Å². The van der Waals surface area contributed by atoms with Crippen LogP contribution in [-0.2, 0) is 0 Å². The zero-order valence-electron chi connectivity index (χ0n) is 10.1. The van der Waals surface area contributed by atoms with Gasteiger partial charge in [-0.1, -0.05) is 12.3 Å². The van der Waals surface area contributed by atoms with Gasteiger partial charge >= 0.3 is 0 Å². The molecule has 16 heavy (non-hydrogen) atoms. The molecule has 0 radical (unpaired) electrons. The summed E-state index contributed by atoms with van der Waals surface area (Å²) in [5.41, 5.74) is 0. The SMILES string of the molecule is C#CCN1CCCCC1CN1CCNCC1. The first-order valence-corrected chi connectivity index (χ1v) is 6.51. The summed E-state index contributed by atoms with van der Waals surface area (Å²) in [6.45, 7) is 7.91. The first kappa shape index (κ1) is 11.9. The third kappa shape index (κ3) is 3.21. The highest BCUT2D eigenvalue weighted by molar-refractivity contribution is 4.92. The van der Waals surface area contributed by atoms with Crippen molar-refractivity contribution in [3.05, 3.63) is 0 Å². The molecule has 0 spiro atoms. The van der Waals surface area contributed by atoms with Gasteiger partial charge in [0.1, 0.15) is 0 Å². The van der Waals surface area contributed by atoms with E-state index in [1.54, 1.807) is 0 Å². The lowest BCUT2D eigenvalue weighted by molar-refractivity contribution is 0.110. The van der Waals surface area contributed by atoms with Gasteiger partial charge in [-0.2, -0.15) is 0 Å². The fourth-order valence-corrected chi connectivity index (χ4v) is 2.78. The minimum absolute atomic E-state index is 0.697. The van der Waals surface area contributed by atoms with E-state index in [1.807, 2.05) is 0 Å². The monoisotopic (exact) mass is 221 g/mol. The Kier molecular flexibility index (Phi) is 4.65. The Morgan fingerprint density at radius 2 is 2.00 bits per heavy atom. The molecule has 0 amide bonds. The number of hydrogen-bond acceptors (Lipinski definition) is 3. The number of likely N-dealkylation sites (tertiary alicyclic amines) is 1. The lowest BCUT2D eigenvalue weighted by atomic mass is 10.0. The summed E-state index contributed by atoms with van der Waals surface area (Å²) in [5, 5.41) is 3.40. The Hall–Kier alpha value is -0.560. The molecule has 2 aliphatic heterocycles. The number of hydrogen-bond donors (Lipinski definition) is 1. The molecular formula is C13H23N3. The van der Waals surface area contributed by atoms with Gasteiger partial charge in [0.2, 0.25) is 0 Å². The van der Waals surface area contributed by atoms with Crippen LogP contribution in [0, 0.1) is 12.3 Å². The Balaban J connectivity index is 1.82. The molecule has 2 aliphatic rings. The summed E-state index contributed by atoms with van der Waals surface area (Å²) in [4.78, 5) is 5.07. The van der Waals surface area contributed by atoms with Crippen LogP contribution in [0.1, 0.15) is 19.3 Å². The van der Waals surface area contributed by atoms with Crippen LogP contribution < -0.4 is 5.32 Å². The minimum atomic E-state index is 0.697. The summed E-state index contributed by atoms with van der Waals surface area (Å²) in [5.74, 6) is 2.80. The van der Waals surface area contributed by atoms with E-state index in [0.717, 1.165) is 19.6 Å². The van der Waals surface area contributed by atoms with Crippen molar-refractivity contribution in [3.8, 4) is 12.3 Å². The van der Waals surface area contributed by atoms with Gasteiger partial charge in [0.25, 0.3) is 0 Å². The minimum Gasteiger partial charge on any atom is -0.314 e. The molecule has 3 heteroatoms. The fourth-order valence-electron chi connectivity index (χ4n) is 2.78. The molecular weight excluding hydrogens is 198 g/mol. The normalized spacial score (nSPS) is 28.8. The van der Waals surface area contributed by atoms with Crippen LogP contribution in [0.15, 0.2) is 0 Å². The van der Waals surface area contributed by atoms with E-state index in [2.05, 4.69) is 21.0 Å². The molecule has 0 aliphatic carbocycles. The maximum atomic E-state index is 5.44. The topological polar surface area (TPSA) is 18.5 Å². The second-order valence-corrected chi connectivity index (χ2v) is 4.87. The van der Waals surface area contributed by atoms with Gasteiger partial charge in [-0.05, 0) is 19.4 Å². The van der Waals surface area contributed by atoms with Crippen molar-refractivity contribution in [1.82, 2.24) is 15.1 Å². The highest BCUT2D eigenvalue weighted by Crippen LogP contribution is 2.17. The van der Waals surface area contributed by atoms with Gasteiger partial charge in [-0.3, -0.25) is 9.80 Å². The zero-order chi connectivity index (χ0) is 11.2.